The number of amides is 2. The van der Waals surface area contributed by atoms with Crippen molar-refractivity contribution in [1.29, 1.82) is 0 Å². The molecule has 1 aliphatic heterocycles. The van der Waals surface area contributed by atoms with Crippen molar-refractivity contribution in [3.8, 4) is 0 Å². The van der Waals surface area contributed by atoms with E-state index in [4.69, 9.17) is 0 Å². The van der Waals surface area contributed by atoms with Crippen molar-refractivity contribution in [2.24, 2.45) is 5.92 Å². The molecule has 1 aromatic rings. The van der Waals surface area contributed by atoms with Gasteiger partial charge in [-0.05, 0) is 37.2 Å². The molecule has 23 heavy (non-hydrogen) atoms. The highest BCUT2D eigenvalue weighted by Gasteiger charge is 2.22. The third kappa shape index (κ3) is 5.07. The van der Waals surface area contributed by atoms with Crippen LogP contribution in [0.1, 0.15) is 23.2 Å². The van der Waals surface area contributed by atoms with Gasteiger partial charge in [-0.15, -0.1) is 0 Å². The number of hydrogen-bond acceptors (Lipinski definition) is 5. The molecule has 1 saturated heterocycles. The van der Waals surface area contributed by atoms with Crippen LogP contribution in [-0.2, 0) is 14.3 Å². The summed E-state index contributed by atoms with van der Waals surface area (Å²) < 4.78 is 4.50. The molecule has 1 fully saturated rings. The highest BCUT2D eigenvalue weighted by atomic mass is 16.5. The number of benzene rings is 1. The lowest BCUT2D eigenvalue weighted by Gasteiger charge is -2.10. The lowest BCUT2D eigenvalue weighted by Crippen LogP contribution is -2.26. The van der Waals surface area contributed by atoms with E-state index in [-0.39, 0.29) is 36.7 Å². The SMILES string of the molecule is COC(=O)CCNC(=O)c1ccc(NC(=O)C2CCNC2)cc1. The molecule has 0 saturated carbocycles. The van der Waals surface area contributed by atoms with Gasteiger partial charge in [0.15, 0.2) is 0 Å². The fraction of sp³-hybridized carbons (Fsp3) is 0.438. The van der Waals surface area contributed by atoms with Crippen molar-refractivity contribution >= 4 is 23.5 Å². The molecular weight excluding hydrogens is 298 g/mol. The number of carbonyl (C=O) groups is 3. The summed E-state index contributed by atoms with van der Waals surface area (Å²) >= 11 is 0. The molecule has 1 aromatic carbocycles. The number of methoxy groups -OCH3 is 1. The second-order valence-electron chi connectivity index (χ2n) is 5.34. The number of esters is 1. The molecule has 1 unspecified atom stereocenters. The monoisotopic (exact) mass is 319 g/mol. The first-order valence-corrected chi connectivity index (χ1v) is 7.57. The number of anilines is 1. The highest BCUT2D eigenvalue weighted by molar-refractivity contribution is 5.96. The van der Waals surface area contributed by atoms with Crippen LogP contribution in [0.25, 0.3) is 0 Å². The second kappa shape index (κ2) is 8.28. The van der Waals surface area contributed by atoms with Crippen molar-refractivity contribution in [2.45, 2.75) is 12.8 Å². The Hall–Kier alpha value is -2.41. The summed E-state index contributed by atoms with van der Waals surface area (Å²) in [5.41, 5.74) is 1.13. The summed E-state index contributed by atoms with van der Waals surface area (Å²) in [7, 11) is 1.30. The van der Waals surface area contributed by atoms with Gasteiger partial charge in [0.1, 0.15) is 0 Å². The standard InChI is InChI=1S/C16H21N3O4/c1-23-14(20)7-9-18-15(21)11-2-4-13(5-3-11)19-16(22)12-6-8-17-10-12/h2-5,12,17H,6-10H2,1H3,(H,18,21)(H,19,22). The minimum atomic E-state index is -0.371. The molecule has 0 aliphatic carbocycles. The van der Waals surface area contributed by atoms with Crippen molar-refractivity contribution in [1.82, 2.24) is 10.6 Å². The topological polar surface area (TPSA) is 96.5 Å². The lowest BCUT2D eigenvalue weighted by atomic mass is 10.1. The Bertz CT molecular complexity index is 565. The first-order chi connectivity index (χ1) is 11.1. The Balaban J connectivity index is 1.82. The maximum absolute atomic E-state index is 12.0. The predicted octanol–water partition coefficient (Wildman–Crippen LogP) is 0.527. The Morgan fingerprint density at radius 3 is 2.61 bits per heavy atom. The van der Waals surface area contributed by atoms with Crippen LogP contribution in [0.3, 0.4) is 0 Å². The molecule has 0 aromatic heterocycles. The lowest BCUT2D eigenvalue weighted by molar-refractivity contribution is -0.140. The quantitative estimate of drug-likeness (QED) is 0.665. The van der Waals surface area contributed by atoms with E-state index in [1.807, 2.05) is 0 Å². The average Bonchev–Trinajstić information content (AvgIpc) is 3.09. The van der Waals surface area contributed by atoms with E-state index in [2.05, 4.69) is 20.7 Å². The zero-order chi connectivity index (χ0) is 16.7. The minimum absolute atomic E-state index is 0.00343. The zero-order valence-corrected chi connectivity index (χ0v) is 13.1. The van der Waals surface area contributed by atoms with Crippen LogP contribution >= 0.6 is 0 Å². The molecule has 2 rings (SSSR count). The van der Waals surface area contributed by atoms with Crippen LogP contribution in [-0.4, -0.2) is 44.5 Å². The van der Waals surface area contributed by atoms with E-state index < -0.39 is 0 Å². The maximum atomic E-state index is 12.0. The largest absolute Gasteiger partial charge is 0.469 e. The Morgan fingerprint density at radius 1 is 1.26 bits per heavy atom. The van der Waals surface area contributed by atoms with Gasteiger partial charge in [0.25, 0.3) is 5.91 Å². The van der Waals surface area contributed by atoms with Gasteiger partial charge in [-0.3, -0.25) is 14.4 Å². The maximum Gasteiger partial charge on any atom is 0.307 e. The number of hydrogen-bond donors (Lipinski definition) is 3. The molecule has 124 valence electrons. The zero-order valence-electron chi connectivity index (χ0n) is 13.1. The van der Waals surface area contributed by atoms with E-state index in [9.17, 15) is 14.4 Å². The Kier molecular flexibility index (Phi) is 6.10. The van der Waals surface area contributed by atoms with Gasteiger partial charge in [-0.2, -0.15) is 0 Å². The molecule has 0 bridgehead atoms. The third-order valence-corrected chi connectivity index (χ3v) is 3.69. The van der Waals surface area contributed by atoms with Crippen LogP contribution in [0.4, 0.5) is 5.69 Å². The molecule has 0 radical (unpaired) electrons. The fourth-order valence-corrected chi connectivity index (χ4v) is 2.31. The third-order valence-electron chi connectivity index (χ3n) is 3.69. The number of carbonyl (C=O) groups excluding carboxylic acids is 3. The number of rotatable bonds is 6. The molecule has 0 spiro atoms. The summed E-state index contributed by atoms with van der Waals surface area (Å²) in [5, 5.41) is 8.63. The van der Waals surface area contributed by atoms with Gasteiger partial charge in [0.2, 0.25) is 5.91 Å². The molecule has 7 heteroatoms. The Morgan fingerprint density at radius 2 is 2.00 bits per heavy atom. The van der Waals surface area contributed by atoms with Crippen LogP contribution in [0, 0.1) is 5.92 Å². The smallest absolute Gasteiger partial charge is 0.307 e. The van der Waals surface area contributed by atoms with E-state index >= 15 is 0 Å². The summed E-state index contributed by atoms with van der Waals surface area (Å²) in [4.78, 5) is 34.9. The van der Waals surface area contributed by atoms with E-state index in [0.29, 0.717) is 17.8 Å². The van der Waals surface area contributed by atoms with Crippen LogP contribution in [0.5, 0.6) is 0 Å². The summed E-state index contributed by atoms with van der Waals surface area (Å²) in [6.07, 6.45) is 0.971. The van der Waals surface area contributed by atoms with Gasteiger partial charge < -0.3 is 20.7 Å². The van der Waals surface area contributed by atoms with Gasteiger partial charge in [0, 0.05) is 24.3 Å². The van der Waals surface area contributed by atoms with Gasteiger partial charge in [-0.1, -0.05) is 0 Å². The normalized spacial score (nSPS) is 16.7. The molecular formula is C16H21N3O4. The second-order valence-corrected chi connectivity index (χ2v) is 5.34. The van der Waals surface area contributed by atoms with Gasteiger partial charge in [0.05, 0.1) is 19.4 Å². The molecule has 2 amide bonds. The van der Waals surface area contributed by atoms with Crippen molar-refractivity contribution < 1.29 is 19.1 Å². The summed E-state index contributed by atoms with van der Waals surface area (Å²) in [6, 6.07) is 6.65. The molecule has 7 nitrogen and oxygen atoms in total. The van der Waals surface area contributed by atoms with E-state index in [0.717, 1.165) is 13.0 Å². The molecule has 3 N–H and O–H groups in total. The van der Waals surface area contributed by atoms with Crippen molar-refractivity contribution in [3.05, 3.63) is 29.8 Å². The van der Waals surface area contributed by atoms with Crippen LogP contribution in [0.15, 0.2) is 24.3 Å². The number of ether oxygens (including phenoxy) is 1. The molecule has 1 heterocycles. The van der Waals surface area contributed by atoms with Crippen molar-refractivity contribution in [2.75, 3.05) is 32.1 Å². The first-order valence-electron chi connectivity index (χ1n) is 7.57. The number of nitrogens with one attached hydrogen (secondary N) is 3. The van der Waals surface area contributed by atoms with Crippen LogP contribution < -0.4 is 16.0 Å². The summed E-state index contributed by atoms with van der Waals surface area (Å²) in [6.45, 7) is 1.79. The first kappa shape index (κ1) is 17.0. The Labute approximate surface area is 134 Å². The minimum Gasteiger partial charge on any atom is -0.469 e. The predicted molar refractivity (Wildman–Crippen MR) is 85.0 cm³/mol. The summed E-state index contributed by atoms with van der Waals surface area (Å²) in [5.74, 6) is -0.655. The fourth-order valence-electron chi connectivity index (χ4n) is 2.31. The van der Waals surface area contributed by atoms with Gasteiger partial charge >= 0.3 is 5.97 Å². The van der Waals surface area contributed by atoms with Gasteiger partial charge in [-0.25, -0.2) is 0 Å². The molecule has 1 aliphatic rings. The van der Waals surface area contributed by atoms with Crippen LogP contribution in [0.2, 0.25) is 0 Å². The van der Waals surface area contributed by atoms with E-state index in [1.54, 1.807) is 24.3 Å². The van der Waals surface area contributed by atoms with E-state index in [1.165, 1.54) is 7.11 Å². The van der Waals surface area contributed by atoms with Crippen molar-refractivity contribution in [3.63, 3.8) is 0 Å². The molecule has 1 atom stereocenters. The highest BCUT2D eigenvalue weighted by Crippen LogP contribution is 2.14. The average molecular weight is 319 g/mol.